The SMILES string of the molecule is CC[C@H](CC[C@@H](C)[C@H]1CC[C@H]2[C@@H]3CC=C4C[C@@H](O[C@@H]5O[C@@H](CO)[C@@H](O)[C@H](O)[C@H]5O)CC[C@]4(C)[C@H]3CC[C@]12C)C(C)C. The Hall–Kier alpha value is -0.500. The Bertz CT molecular complexity index is 918. The maximum atomic E-state index is 10.5. The second-order valence-corrected chi connectivity index (χ2v) is 15.7. The molecular weight excluding hydrogens is 516 g/mol. The molecule has 14 atom stereocenters. The molecule has 0 bridgehead atoms. The van der Waals surface area contributed by atoms with E-state index in [1.54, 1.807) is 0 Å². The van der Waals surface area contributed by atoms with E-state index in [2.05, 4.69) is 47.6 Å². The molecule has 5 aliphatic rings. The summed E-state index contributed by atoms with van der Waals surface area (Å²) in [7, 11) is 0. The molecule has 1 aliphatic heterocycles. The molecule has 1 saturated heterocycles. The molecule has 0 unspecified atom stereocenters. The van der Waals surface area contributed by atoms with Crippen LogP contribution in [0, 0.1) is 52.3 Å². The largest absolute Gasteiger partial charge is 0.394 e. The number of allylic oxidation sites excluding steroid dienone is 1. The maximum Gasteiger partial charge on any atom is 0.186 e. The van der Waals surface area contributed by atoms with Crippen molar-refractivity contribution < 1.29 is 29.9 Å². The average molecular weight is 577 g/mol. The van der Waals surface area contributed by atoms with Crippen LogP contribution in [0.3, 0.4) is 0 Å². The summed E-state index contributed by atoms with van der Waals surface area (Å²) >= 11 is 0. The van der Waals surface area contributed by atoms with Gasteiger partial charge in [-0.25, -0.2) is 0 Å². The molecule has 0 radical (unpaired) electrons. The van der Waals surface area contributed by atoms with Gasteiger partial charge in [-0.1, -0.05) is 66.0 Å². The van der Waals surface area contributed by atoms with Crippen LogP contribution >= 0.6 is 0 Å². The number of aliphatic hydroxyl groups excluding tert-OH is 4. The molecule has 4 N–H and O–H groups in total. The van der Waals surface area contributed by atoms with Gasteiger partial charge < -0.3 is 29.9 Å². The lowest BCUT2D eigenvalue weighted by atomic mass is 9.47. The third-order valence-electron chi connectivity index (χ3n) is 13.5. The van der Waals surface area contributed by atoms with E-state index in [1.165, 1.54) is 56.9 Å². The van der Waals surface area contributed by atoms with Gasteiger partial charge in [-0.3, -0.25) is 0 Å². The van der Waals surface area contributed by atoms with Gasteiger partial charge in [0.2, 0.25) is 0 Å². The average Bonchev–Trinajstić information content (AvgIpc) is 3.30. The molecule has 0 spiro atoms. The highest BCUT2D eigenvalue weighted by Gasteiger charge is 2.59. The van der Waals surface area contributed by atoms with Crippen molar-refractivity contribution in [2.45, 2.75) is 149 Å². The summed E-state index contributed by atoms with van der Waals surface area (Å²) in [6.07, 6.45) is 9.92. The van der Waals surface area contributed by atoms with Gasteiger partial charge >= 0.3 is 0 Å². The van der Waals surface area contributed by atoms with E-state index in [-0.39, 0.29) is 11.5 Å². The van der Waals surface area contributed by atoms with Crippen LogP contribution in [-0.4, -0.2) is 63.8 Å². The fraction of sp³-hybridized carbons (Fsp3) is 0.943. The summed E-state index contributed by atoms with van der Waals surface area (Å²) in [5.74, 6) is 5.66. The minimum absolute atomic E-state index is 0.101. The number of hydrogen-bond acceptors (Lipinski definition) is 6. The van der Waals surface area contributed by atoms with Crippen molar-refractivity contribution in [2.75, 3.05) is 6.61 Å². The van der Waals surface area contributed by atoms with Crippen LogP contribution in [0.25, 0.3) is 0 Å². The second kappa shape index (κ2) is 12.5. The minimum atomic E-state index is -1.40. The zero-order chi connectivity index (χ0) is 29.7. The Morgan fingerprint density at radius 1 is 0.951 bits per heavy atom. The van der Waals surface area contributed by atoms with Crippen LogP contribution in [0.2, 0.25) is 0 Å². The highest BCUT2D eigenvalue weighted by atomic mass is 16.7. The molecule has 0 aromatic rings. The Morgan fingerprint density at radius 2 is 1.71 bits per heavy atom. The van der Waals surface area contributed by atoms with Crippen molar-refractivity contribution >= 4 is 0 Å². The van der Waals surface area contributed by atoms with E-state index in [1.807, 2.05) is 0 Å². The lowest BCUT2D eigenvalue weighted by Crippen LogP contribution is -2.60. The second-order valence-electron chi connectivity index (χ2n) is 15.7. The highest BCUT2D eigenvalue weighted by molar-refractivity contribution is 5.25. The quantitative estimate of drug-likeness (QED) is 0.257. The van der Waals surface area contributed by atoms with Gasteiger partial charge in [0.1, 0.15) is 24.4 Å². The van der Waals surface area contributed by atoms with E-state index >= 15 is 0 Å². The van der Waals surface area contributed by atoms with Gasteiger partial charge in [0.25, 0.3) is 0 Å². The zero-order valence-electron chi connectivity index (χ0n) is 26.7. The normalized spacial score (nSPS) is 47.7. The molecule has 236 valence electrons. The summed E-state index contributed by atoms with van der Waals surface area (Å²) < 4.78 is 11.9. The third-order valence-corrected chi connectivity index (χ3v) is 13.5. The molecule has 4 aliphatic carbocycles. The van der Waals surface area contributed by atoms with Crippen LogP contribution in [0.5, 0.6) is 0 Å². The molecule has 4 fully saturated rings. The Morgan fingerprint density at radius 3 is 2.39 bits per heavy atom. The first-order valence-electron chi connectivity index (χ1n) is 17.1. The van der Waals surface area contributed by atoms with Crippen LogP contribution < -0.4 is 0 Å². The monoisotopic (exact) mass is 576 g/mol. The van der Waals surface area contributed by atoms with Gasteiger partial charge in [0, 0.05) is 0 Å². The van der Waals surface area contributed by atoms with E-state index < -0.39 is 37.3 Å². The molecule has 0 amide bonds. The van der Waals surface area contributed by atoms with Crippen LogP contribution in [0.1, 0.15) is 112 Å². The molecule has 5 rings (SSSR count). The topological polar surface area (TPSA) is 99.4 Å². The number of rotatable bonds is 9. The Labute approximate surface area is 249 Å². The molecular formula is C35H60O6. The van der Waals surface area contributed by atoms with Crippen molar-refractivity contribution in [2.24, 2.45) is 52.3 Å². The summed E-state index contributed by atoms with van der Waals surface area (Å²) in [6, 6.07) is 0. The van der Waals surface area contributed by atoms with Crippen LogP contribution in [0.15, 0.2) is 11.6 Å². The smallest absolute Gasteiger partial charge is 0.186 e. The van der Waals surface area contributed by atoms with Crippen molar-refractivity contribution in [3.8, 4) is 0 Å². The number of hydrogen-bond donors (Lipinski definition) is 4. The van der Waals surface area contributed by atoms with Crippen LogP contribution in [-0.2, 0) is 9.47 Å². The Kier molecular flexibility index (Phi) is 9.71. The van der Waals surface area contributed by atoms with Gasteiger partial charge in [-0.15, -0.1) is 0 Å². The lowest BCUT2D eigenvalue weighted by Gasteiger charge is -2.58. The van der Waals surface area contributed by atoms with Gasteiger partial charge in [0.05, 0.1) is 12.7 Å². The van der Waals surface area contributed by atoms with E-state index in [4.69, 9.17) is 9.47 Å². The summed E-state index contributed by atoms with van der Waals surface area (Å²) in [5, 5.41) is 40.4. The predicted molar refractivity (Wildman–Crippen MR) is 161 cm³/mol. The van der Waals surface area contributed by atoms with E-state index in [0.717, 1.165) is 60.7 Å². The van der Waals surface area contributed by atoms with Gasteiger partial charge in [0.15, 0.2) is 6.29 Å². The van der Waals surface area contributed by atoms with E-state index in [0.29, 0.717) is 5.41 Å². The lowest BCUT2D eigenvalue weighted by molar-refractivity contribution is -0.313. The van der Waals surface area contributed by atoms with E-state index in [9.17, 15) is 20.4 Å². The zero-order valence-corrected chi connectivity index (χ0v) is 26.7. The fourth-order valence-corrected chi connectivity index (χ4v) is 10.8. The Balaban J connectivity index is 1.24. The third kappa shape index (κ3) is 5.73. The number of aliphatic hydroxyl groups is 4. The standard InChI is InChI=1S/C35H60O6/c1-7-22(20(2)3)9-8-21(4)26-12-13-27-25-11-10-23-18-24(14-16-34(23,5)28(25)15-17-35(26,27)6)40-33-32(39)31(38)30(37)29(19-36)41-33/h10,20-22,24-33,36-39H,7-9,11-19H2,1-6H3/t21-,22-,24+,25+,26-,27+,28+,29+,30-,31+,32-,33-,34+,35-/m1/s1. The first-order valence-corrected chi connectivity index (χ1v) is 17.1. The molecule has 0 aromatic carbocycles. The highest BCUT2D eigenvalue weighted by Crippen LogP contribution is 2.67. The van der Waals surface area contributed by atoms with Crippen molar-refractivity contribution in [3.05, 3.63) is 11.6 Å². The van der Waals surface area contributed by atoms with Crippen molar-refractivity contribution in [3.63, 3.8) is 0 Å². The molecule has 0 aromatic heterocycles. The molecule has 6 nitrogen and oxygen atoms in total. The minimum Gasteiger partial charge on any atom is -0.394 e. The maximum absolute atomic E-state index is 10.5. The first kappa shape index (κ1) is 31.9. The van der Waals surface area contributed by atoms with Gasteiger partial charge in [-0.2, -0.15) is 0 Å². The molecule has 1 heterocycles. The van der Waals surface area contributed by atoms with Crippen molar-refractivity contribution in [1.82, 2.24) is 0 Å². The van der Waals surface area contributed by atoms with Gasteiger partial charge in [-0.05, 0) is 110 Å². The fourth-order valence-electron chi connectivity index (χ4n) is 10.8. The summed E-state index contributed by atoms with van der Waals surface area (Å²) in [4.78, 5) is 0. The van der Waals surface area contributed by atoms with Crippen LogP contribution in [0.4, 0.5) is 0 Å². The number of fused-ring (bicyclic) bond motifs is 5. The molecule has 41 heavy (non-hydrogen) atoms. The predicted octanol–water partition coefficient (Wildman–Crippen LogP) is 5.85. The summed E-state index contributed by atoms with van der Waals surface area (Å²) in [5.41, 5.74) is 2.19. The molecule has 3 saturated carbocycles. The van der Waals surface area contributed by atoms with Crippen molar-refractivity contribution in [1.29, 1.82) is 0 Å². The summed E-state index contributed by atoms with van der Waals surface area (Å²) in [6.45, 7) is 14.5. The number of ether oxygens (including phenoxy) is 2. The molecule has 6 heteroatoms. The first-order chi connectivity index (χ1) is 19.4.